The molecule has 1 fully saturated rings. The number of hydrogen-bond donors (Lipinski definition) is 2. The van der Waals surface area contributed by atoms with Crippen LogP contribution in [0.4, 0.5) is 0 Å². The van der Waals surface area contributed by atoms with Crippen LogP contribution in [0.3, 0.4) is 0 Å². The topological polar surface area (TPSA) is 78.6 Å². The summed E-state index contributed by atoms with van der Waals surface area (Å²) in [7, 11) is 1.68. The Balaban J connectivity index is 2.13. The monoisotopic (exact) mass is 225 g/mol. The van der Waals surface area contributed by atoms with E-state index in [0.717, 1.165) is 0 Å². The number of β-amino-alcohol motifs (C(OH)–C–C–N with tert-alkyl or cyclic N) is 1. The van der Waals surface area contributed by atoms with Crippen LogP contribution in [0, 0.1) is 6.92 Å². The summed E-state index contributed by atoms with van der Waals surface area (Å²) in [5.41, 5.74) is 0.446. The quantitative estimate of drug-likeness (QED) is 0.702. The molecule has 6 nitrogen and oxygen atoms in total. The average molecular weight is 225 g/mol. The molecule has 88 valence electrons. The number of aliphatic hydroxyl groups is 1. The average Bonchev–Trinajstić information content (AvgIpc) is 2.85. The van der Waals surface area contributed by atoms with Gasteiger partial charge >= 0.3 is 0 Å². The van der Waals surface area contributed by atoms with E-state index in [-0.39, 0.29) is 11.9 Å². The van der Waals surface area contributed by atoms with E-state index in [1.165, 1.54) is 11.1 Å². The molecule has 2 unspecified atom stereocenters. The van der Waals surface area contributed by atoms with Crippen LogP contribution in [0.5, 0.6) is 0 Å². The normalized spacial score (nSPS) is 24.7. The zero-order valence-electron chi connectivity index (χ0n) is 9.30. The van der Waals surface area contributed by atoms with Crippen molar-refractivity contribution in [2.75, 3.05) is 20.1 Å². The molecule has 1 aromatic rings. The van der Waals surface area contributed by atoms with Crippen molar-refractivity contribution in [2.45, 2.75) is 19.1 Å². The fourth-order valence-electron chi connectivity index (χ4n) is 1.89. The van der Waals surface area contributed by atoms with Gasteiger partial charge in [-0.25, -0.2) is 0 Å². The van der Waals surface area contributed by atoms with Gasteiger partial charge in [-0.2, -0.15) is 0 Å². The zero-order chi connectivity index (χ0) is 11.7. The first kappa shape index (κ1) is 11.1. The van der Waals surface area contributed by atoms with Gasteiger partial charge in [-0.1, -0.05) is 5.16 Å². The van der Waals surface area contributed by atoms with Gasteiger partial charge in [0, 0.05) is 20.1 Å². The van der Waals surface area contributed by atoms with Gasteiger partial charge in [0.15, 0.2) is 0 Å². The molecular formula is C10H15N3O3. The number of rotatable bonds is 2. The number of amides is 1. The van der Waals surface area contributed by atoms with Gasteiger partial charge in [-0.05, 0) is 6.92 Å². The van der Waals surface area contributed by atoms with Crippen LogP contribution >= 0.6 is 0 Å². The van der Waals surface area contributed by atoms with Crippen LogP contribution in [-0.2, 0) is 0 Å². The lowest BCUT2D eigenvalue weighted by Crippen LogP contribution is -2.44. The molecule has 0 aromatic carbocycles. The number of carbonyl (C=O) groups excluding carboxylic acids is 1. The van der Waals surface area contributed by atoms with Crippen molar-refractivity contribution in [1.82, 2.24) is 15.4 Å². The molecule has 0 saturated carbocycles. The lowest BCUT2D eigenvalue weighted by atomic mass is 10.1. The first-order valence-corrected chi connectivity index (χ1v) is 5.18. The van der Waals surface area contributed by atoms with Crippen molar-refractivity contribution >= 4 is 5.91 Å². The van der Waals surface area contributed by atoms with Gasteiger partial charge in [-0.15, -0.1) is 0 Å². The Bertz CT molecular complexity index is 390. The minimum Gasteiger partial charge on any atom is -0.390 e. The Labute approximate surface area is 93.2 Å². The number of likely N-dealkylation sites (N-methyl/N-ethyl adjacent to an activating group) is 1. The first-order valence-electron chi connectivity index (χ1n) is 5.18. The van der Waals surface area contributed by atoms with Gasteiger partial charge in [0.1, 0.15) is 11.3 Å². The summed E-state index contributed by atoms with van der Waals surface area (Å²) < 4.78 is 4.85. The maximum atomic E-state index is 12.0. The number of aryl methyl sites for hydroxylation is 1. The Morgan fingerprint density at radius 2 is 2.44 bits per heavy atom. The van der Waals surface area contributed by atoms with Crippen molar-refractivity contribution in [3.8, 4) is 0 Å². The molecule has 0 radical (unpaired) electrons. The molecule has 2 heterocycles. The van der Waals surface area contributed by atoms with Crippen molar-refractivity contribution in [3.05, 3.63) is 17.5 Å². The molecule has 16 heavy (non-hydrogen) atoms. The van der Waals surface area contributed by atoms with Crippen LogP contribution in [0.15, 0.2) is 10.7 Å². The summed E-state index contributed by atoms with van der Waals surface area (Å²) in [5, 5.41) is 16.3. The van der Waals surface area contributed by atoms with E-state index < -0.39 is 6.10 Å². The second-order valence-corrected chi connectivity index (χ2v) is 4.00. The molecule has 1 amide bonds. The third kappa shape index (κ3) is 1.81. The second-order valence-electron chi connectivity index (χ2n) is 4.00. The molecular weight excluding hydrogens is 210 g/mol. The summed E-state index contributed by atoms with van der Waals surface area (Å²) >= 11 is 0. The summed E-state index contributed by atoms with van der Waals surface area (Å²) in [6.07, 6.45) is 0.886. The maximum absolute atomic E-state index is 12.0. The molecule has 2 rings (SSSR count). The molecule has 1 aromatic heterocycles. The summed E-state index contributed by atoms with van der Waals surface area (Å²) in [4.78, 5) is 13.6. The van der Waals surface area contributed by atoms with Crippen LogP contribution in [0.1, 0.15) is 16.1 Å². The minimum atomic E-state index is -0.519. The maximum Gasteiger partial charge on any atom is 0.259 e. The van der Waals surface area contributed by atoms with Crippen LogP contribution in [0.25, 0.3) is 0 Å². The van der Waals surface area contributed by atoms with Crippen molar-refractivity contribution in [2.24, 2.45) is 0 Å². The third-order valence-corrected chi connectivity index (χ3v) is 2.95. The minimum absolute atomic E-state index is 0.175. The number of carbonyl (C=O) groups is 1. The van der Waals surface area contributed by atoms with Gasteiger partial charge < -0.3 is 19.8 Å². The lowest BCUT2D eigenvalue weighted by Gasteiger charge is -2.25. The van der Waals surface area contributed by atoms with Gasteiger partial charge in [0.05, 0.1) is 18.3 Å². The Morgan fingerprint density at radius 3 is 2.94 bits per heavy atom. The molecule has 6 heteroatoms. The molecule has 0 aliphatic carbocycles. The van der Waals surface area contributed by atoms with E-state index in [1.54, 1.807) is 14.0 Å². The van der Waals surface area contributed by atoms with Crippen LogP contribution < -0.4 is 5.32 Å². The molecule has 2 N–H and O–H groups in total. The van der Waals surface area contributed by atoms with Gasteiger partial charge in [-0.3, -0.25) is 4.79 Å². The fraction of sp³-hybridized carbons (Fsp3) is 0.600. The van der Waals surface area contributed by atoms with E-state index in [4.69, 9.17) is 4.52 Å². The highest BCUT2D eigenvalue weighted by Gasteiger charge is 2.32. The molecule has 1 aliphatic heterocycles. The van der Waals surface area contributed by atoms with E-state index in [9.17, 15) is 9.90 Å². The van der Waals surface area contributed by atoms with Crippen molar-refractivity contribution in [1.29, 1.82) is 0 Å². The smallest absolute Gasteiger partial charge is 0.259 e. The Morgan fingerprint density at radius 1 is 1.69 bits per heavy atom. The highest BCUT2D eigenvalue weighted by atomic mass is 16.5. The molecule has 1 saturated heterocycles. The molecule has 0 spiro atoms. The number of hydrogen-bond acceptors (Lipinski definition) is 5. The van der Waals surface area contributed by atoms with Crippen molar-refractivity contribution < 1.29 is 14.4 Å². The van der Waals surface area contributed by atoms with Gasteiger partial charge in [0.25, 0.3) is 5.91 Å². The summed E-state index contributed by atoms with van der Waals surface area (Å²) in [5.74, 6) is 0.323. The highest BCUT2D eigenvalue weighted by Crippen LogP contribution is 2.14. The van der Waals surface area contributed by atoms with E-state index in [2.05, 4.69) is 10.5 Å². The fourth-order valence-corrected chi connectivity index (χ4v) is 1.89. The van der Waals surface area contributed by atoms with Gasteiger partial charge in [0.2, 0.25) is 0 Å². The second kappa shape index (κ2) is 4.23. The number of aliphatic hydroxyl groups excluding tert-OH is 1. The van der Waals surface area contributed by atoms with E-state index >= 15 is 0 Å². The first-order chi connectivity index (χ1) is 7.61. The number of aromatic nitrogens is 1. The zero-order valence-corrected chi connectivity index (χ0v) is 9.30. The SMILES string of the molecule is Cc1oncc1C(=O)N(C)C1CNCC1O. The number of nitrogens with one attached hydrogen (secondary N) is 1. The van der Waals surface area contributed by atoms with Crippen LogP contribution in [0.2, 0.25) is 0 Å². The Hall–Kier alpha value is -1.40. The van der Waals surface area contributed by atoms with Crippen molar-refractivity contribution in [3.63, 3.8) is 0 Å². The van der Waals surface area contributed by atoms with E-state index in [0.29, 0.717) is 24.4 Å². The lowest BCUT2D eigenvalue weighted by molar-refractivity contribution is 0.0579. The predicted molar refractivity (Wildman–Crippen MR) is 56.0 cm³/mol. The number of nitrogens with zero attached hydrogens (tertiary/aromatic N) is 2. The standard InChI is InChI=1S/C10H15N3O3/c1-6-7(3-12-16-6)10(15)13(2)8-4-11-5-9(8)14/h3,8-9,11,14H,4-5H2,1-2H3. The molecule has 0 bridgehead atoms. The van der Waals surface area contributed by atoms with E-state index in [1.807, 2.05) is 0 Å². The third-order valence-electron chi connectivity index (χ3n) is 2.95. The predicted octanol–water partition coefficient (Wildman–Crippen LogP) is -0.612. The summed E-state index contributed by atoms with van der Waals surface area (Å²) in [6, 6.07) is -0.193. The Kier molecular flexibility index (Phi) is 2.93. The largest absolute Gasteiger partial charge is 0.390 e. The summed E-state index contributed by atoms with van der Waals surface area (Å²) in [6.45, 7) is 2.82. The van der Waals surface area contributed by atoms with Crippen LogP contribution in [-0.4, -0.2) is 53.4 Å². The molecule has 2 atom stereocenters. The molecule has 1 aliphatic rings. The highest BCUT2D eigenvalue weighted by molar-refractivity contribution is 5.94.